The molecule has 2 heterocycles. The van der Waals surface area contributed by atoms with Gasteiger partial charge in [-0.25, -0.2) is 0 Å². The zero-order chi connectivity index (χ0) is 26.2. The Hall–Kier alpha value is -2.83. The van der Waals surface area contributed by atoms with E-state index in [1.54, 1.807) is 19.9 Å². The molecule has 1 fully saturated rings. The summed E-state index contributed by atoms with van der Waals surface area (Å²) in [6, 6.07) is -1.33. The van der Waals surface area contributed by atoms with Gasteiger partial charge in [0.2, 0.25) is 17.7 Å². The summed E-state index contributed by atoms with van der Waals surface area (Å²) in [5.41, 5.74) is -0.271. The third kappa shape index (κ3) is 8.71. The van der Waals surface area contributed by atoms with Crippen molar-refractivity contribution >= 4 is 23.5 Å². The van der Waals surface area contributed by atoms with Crippen LogP contribution in [-0.2, 0) is 39.8 Å². The van der Waals surface area contributed by atoms with E-state index in [4.69, 9.17) is 18.7 Å². The van der Waals surface area contributed by atoms with Gasteiger partial charge in [0, 0.05) is 20.3 Å². The molecule has 1 aromatic rings. The Morgan fingerprint density at radius 2 is 1.57 bits per heavy atom. The summed E-state index contributed by atoms with van der Waals surface area (Å²) in [6.07, 6.45) is 0.302. The number of nitrogens with zero attached hydrogens (tertiary/aromatic N) is 1. The van der Waals surface area contributed by atoms with Crippen molar-refractivity contribution in [3.63, 3.8) is 0 Å². The number of hydrogen-bond acceptors (Lipinski definition) is 9. The van der Waals surface area contributed by atoms with Crippen LogP contribution in [0.5, 0.6) is 0 Å². The quantitative estimate of drug-likeness (QED) is 0.276. The van der Waals surface area contributed by atoms with Gasteiger partial charge in [-0.15, -0.1) is 0 Å². The highest BCUT2D eigenvalue weighted by Gasteiger charge is 2.50. The first-order chi connectivity index (χ1) is 16.5. The first-order valence-electron chi connectivity index (χ1n) is 11.5. The van der Waals surface area contributed by atoms with Gasteiger partial charge >= 0.3 is 0 Å². The number of amides is 3. The molecule has 3 amide bonds. The molecule has 1 saturated heterocycles. The molecular formula is C23H36N4O8. The molecule has 0 saturated carbocycles. The van der Waals surface area contributed by atoms with Gasteiger partial charge in [-0.2, -0.15) is 0 Å². The van der Waals surface area contributed by atoms with Crippen LogP contribution >= 0.6 is 0 Å². The number of carbonyl (C=O) groups excluding carboxylic acids is 4. The summed E-state index contributed by atoms with van der Waals surface area (Å²) < 4.78 is 20.5. The van der Waals surface area contributed by atoms with E-state index in [1.807, 2.05) is 13.8 Å². The Morgan fingerprint density at radius 3 is 2.03 bits per heavy atom. The molecule has 0 bridgehead atoms. The number of rotatable bonds is 15. The number of nitrogens with one attached hydrogen (secondary N) is 3. The summed E-state index contributed by atoms with van der Waals surface area (Å²) in [7, 11) is 2.77. The Balaban J connectivity index is 2.04. The lowest BCUT2D eigenvalue weighted by Crippen LogP contribution is -2.58. The van der Waals surface area contributed by atoms with Crippen molar-refractivity contribution < 1.29 is 37.9 Å². The molecule has 35 heavy (non-hydrogen) atoms. The lowest BCUT2D eigenvalue weighted by molar-refractivity contribution is -0.135. The number of aryl methyl sites for hydroxylation is 1. The van der Waals surface area contributed by atoms with Gasteiger partial charge in [0.15, 0.2) is 5.78 Å². The van der Waals surface area contributed by atoms with E-state index in [2.05, 4.69) is 21.1 Å². The molecule has 12 nitrogen and oxygen atoms in total. The highest BCUT2D eigenvalue weighted by atomic mass is 16.6. The molecular weight excluding hydrogens is 460 g/mol. The number of Topliss-reactive ketones (excluding diaryl/α,β-unsaturated/α-hetero) is 1. The van der Waals surface area contributed by atoms with Crippen LogP contribution in [0.15, 0.2) is 10.6 Å². The van der Waals surface area contributed by atoms with Gasteiger partial charge < -0.3 is 34.7 Å². The smallest absolute Gasteiger partial charge is 0.245 e. The van der Waals surface area contributed by atoms with Crippen LogP contribution in [0.3, 0.4) is 0 Å². The van der Waals surface area contributed by atoms with Crippen LogP contribution < -0.4 is 16.0 Å². The highest BCUT2D eigenvalue weighted by molar-refractivity contribution is 5.98. The molecule has 0 aromatic carbocycles. The fourth-order valence-corrected chi connectivity index (χ4v) is 3.47. The van der Waals surface area contributed by atoms with Crippen LogP contribution in [0.2, 0.25) is 0 Å². The van der Waals surface area contributed by atoms with Gasteiger partial charge in [-0.3, -0.25) is 19.2 Å². The fourth-order valence-electron chi connectivity index (χ4n) is 3.47. The molecule has 1 aliphatic rings. The van der Waals surface area contributed by atoms with E-state index < -0.39 is 41.4 Å². The second kappa shape index (κ2) is 12.8. The lowest BCUT2D eigenvalue weighted by Gasteiger charge is -2.26. The summed E-state index contributed by atoms with van der Waals surface area (Å²) >= 11 is 0. The lowest BCUT2D eigenvalue weighted by atomic mass is 9.93. The summed E-state index contributed by atoms with van der Waals surface area (Å²) in [5, 5.41) is 11.6. The number of carbonyl (C=O) groups is 4. The minimum atomic E-state index is -1.10. The third-order valence-electron chi connectivity index (χ3n) is 5.40. The Labute approximate surface area is 204 Å². The molecule has 12 heteroatoms. The zero-order valence-electron chi connectivity index (χ0n) is 21.1. The van der Waals surface area contributed by atoms with Crippen LogP contribution in [0.25, 0.3) is 0 Å². The molecule has 196 valence electrons. The summed E-state index contributed by atoms with van der Waals surface area (Å²) in [4.78, 5) is 51.2. The molecule has 0 radical (unpaired) electrons. The minimum Gasteiger partial charge on any atom is -0.382 e. The Morgan fingerprint density at radius 1 is 1.03 bits per heavy atom. The number of aromatic nitrogens is 1. The molecule has 4 atom stereocenters. The zero-order valence-corrected chi connectivity index (χ0v) is 21.1. The maximum absolute atomic E-state index is 13.0. The number of methoxy groups -OCH3 is 2. The maximum Gasteiger partial charge on any atom is 0.245 e. The molecule has 1 aliphatic heterocycles. The molecule has 2 rings (SSSR count). The van der Waals surface area contributed by atoms with Crippen LogP contribution in [0, 0.1) is 12.8 Å². The van der Waals surface area contributed by atoms with Crippen molar-refractivity contribution in [2.24, 2.45) is 5.92 Å². The largest absolute Gasteiger partial charge is 0.382 e. The number of epoxide rings is 1. The first kappa shape index (κ1) is 28.4. The SMILES string of the molecule is COCC(NC(=O)Cc1cc(C)no1)C(=O)N[C@@H](COC)C(=O)NC(CC(C)C)C(=O)[C@@]1(C)CO1. The summed E-state index contributed by atoms with van der Waals surface area (Å²) in [5.74, 6) is -1.43. The average Bonchev–Trinajstić information content (AvgIpc) is 3.41. The molecule has 3 N–H and O–H groups in total. The predicted molar refractivity (Wildman–Crippen MR) is 123 cm³/mol. The third-order valence-corrected chi connectivity index (χ3v) is 5.40. The van der Waals surface area contributed by atoms with Crippen molar-refractivity contribution in [2.45, 2.75) is 64.3 Å². The minimum absolute atomic E-state index is 0.115. The van der Waals surface area contributed by atoms with Gasteiger partial charge in [0.05, 0.1) is 38.0 Å². The van der Waals surface area contributed by atoms with E-state index in [0.29, 0.717) is 24.5 Å². The van der Waals surface area contributed by atoms with E-state index in [-0.39, 0.29) is 31.3 Å². The Bertz CT molecular complexity index is 896. The predicted octanol–water partition coefficient (Wildman–Crippen LogP) is -0.323. The number of hydrogen-bond donors (Lipinski definition) is 3. The van der Waals surface area contributed by atoms with E-state index in [0.717, 1.165) is 0 Å². The van der Waals surface area contributed by atoms with Crippen molar-refractivity contribution in [3.8, 4) is 0 Å². The van der Waals surface area contributed by atoms with Crippen LogP contribution in [-0.4, -0.2) is 86.4 Å². The van der Waals surface area contributed by atoms with Crippen LogP contribution in [0.4, 0.5) is 0 Å². The van der Waals surface area contributed by atoms with Crippen molar-refractivity contribution in [3.05, 3.63) is 17.5 Å². The highest BCUT2D eigenvalue weighted by Crippen LogP contribution is 2.29. The van der Waals surface area contributed by atoms with Crippen molar-refractivity contribution in [1.82, 2.24) is 21.1 Å². The fraction of sp³-hybridized carbons (Fsp3) is 0.696. The monoisotopic (exact) mass is 496 g/mol. The normalized spacial score (nSPS) is 19.5. The van der Waals surface area contributed by atoms with Gasteiger partial charge in [0.1, 0.15) is 23.4 Å². The van der Waals surface area contributed by atoms with Crippen molar-refractivity contribution in [1.29, 1.82) is 0 Å². The maximum atomic E-state index is 13.0. The second-order valence-corrected chi connectivity index (χ2v) is 9.28. The van der Waals surface area contributed by atoms with Gasteiger partial charge in [0.25, 0.3) is 0 Å². The number of ether oxygens (including phenoxy) is 3. The van der Waals surface area contributed by atoms with Crippen LogP contribution in [0.1, 0.15) is 38.6 Å². The molecule has 1 aromatic heterocycles. The first-order valence-corrected chi connectivity index (χ1v) is 11.5. The van der Waals surface area contributed by atoms with E-state index in [9.17, 15) is 19.2 Å². The second-order valence-electron chi connectivity index (χ2n) is 9.28. The standard InChI is InChI=1S/C23H36N4O8/c1-13(2)7-16(20(29)23(4)12-34-23)25-22(31)18(11-33-6)26-21(30)17(10-32-5)24-19(28)9-15-8-14(3)27-35-15/h8,13,16-18H,7,9-12H2,1-6H3,(H,24,28)(H,25,31)(H,26,30)/t16?,17?,18-,23+/m0/s1. The Kier molecular flexibility index (Phi) is 10.3. The topological polar surface area (TPSA) is 161 Å². The van der Waals surface area contributed by atoms with E-state index >= 15 is 0 Å². The summed E-state index contributed by atoms with van der Waals surface area (Å²) in [6.45, 7) is 7.33. The van der Waals surface area contributed by atoms with E-state index in [1.165, 1.54) is 14.2 Å². The average molecular weight is 497 g/mol. The van der Waals surface area contributed by atoms with Gasteiger partial charge in [-0.05, 0) is 26.2 Å². The molecule has 2 unspecified atom stereocenters. The molecule has 0 spiro atoms. The van der Waals surface area contributed by atoms with Gasteiger partial charge in [-0.1, -0.05) is 19.0 Å². The van der Waals surface area contributed by atoms with Crippen molar-refractivity contribution in [2.75, 3.05) is 34.0 Å². The molecule has 0 aliphatic carbocycles. The number of ketones is 1.